The smallest absolute Gasteiger partial charge is 0.192 e. The lowest BCUT2D eigenvalue weighted by Crippen LogP contribution is -2.51. The van der Waals surface area contributed by atoms with Crippen LogP contribution in [0.25, 0.3) is 0 Å². The molecule has 0 unspecified atom stereocenters. The Morgan fingerprint density at radius 2 is 1.96 bits per heavy atom. The van der Waals surface area contributed by atoms with E-state index in [2.05, 4.69) is 61.2 Å². The van der Waals surface area contributed by atoms with Gasteiger partial charge in [0.25, 0.3) is 0 Å². The molecular weight excluding hydrogens is 312 g/mol. The molecule has 0 aromatic carbocycles. The van der Waals surface area contributed by atoms with E-state index in [1.807, 2.05) is 6.08 Å². The normalized spacial score (nSPS) is 25.9. The van der Waals surface area contributed by atoms with Crippen LogP contribution in [-0.4, -0.2) is 26.1 Å². The van der Waals surface area contributed by atoms with Gasteiger partial charge in [0.1, 0.15) is 0 Å². The Morgan fingerprint density at radius 1 is 1.38 bits per heavy atom. The molecule has 0 radical (unpaired) electrons. The second-order valence-corrected chi connectivity index (χ2v) is 14.5. The predicted octanol–water partition coefficient (Wildman–Crippen LogP) is 6.09. The molecule has 0 aliphatic heterocycles. The highest BCUT2D eigenvalue weighted by Gasteiger charge is 2.47. The number of aliphatic hydroxyl groups excluding tert-OH is 1. The summed E-state index contributed by atoms with van der Waals surface area (Å²) in [4.78, 5) is 0. The zero-order valence-corrected chi connectivity index (χ0v) is 18.3. The van der Waals surface area contributed by atoms with Gasteiger partial charge in [-0.15, -0.1) is 0 Å². The van der Waals surface area contributed by atoms with Gasteiger partial charge in [-0.3, -0.25) is 0 Å². The van der Waals surface area contributed by atoms with Crippen LogP contribution in [0.1, 0.15) is 67.2 Å². The molecule has 1 N–H and O–H groups in total. The minimum Gasteiger partial charge on any atom is -0.413 e. The lowest BCUT2D eigenvalue weighted by molar-refractivity contribution is 0.000272. The standard InChI is InChI=1S/C21H40O2Si/c1-16(14-15-22)10-12-18-17(2)11-13-19(21(18,6)7)23-24(8,9)20(3,4)5/h14,18-19,22H,2,10-13,15H2,1,3-9H3/b16-14+/t18-,19+/m1/s1. The largest absolute Gasteiger partial charge is 0.413 e. The zero-order chi connectivity index (χ0) is 18.8. The summed E-state index contributed by atoms with van der Waals surface area (Å²) in [5.74, 6) is 0.489. The molecule has 2 atom stereocenters. The summed E-state index contributed by atoms with van der Waals surface area (Å²) in [7, 11) is -1.76. The molecule has 1 aliphatic rings. The monoisotopic (exact) mass is 352 g/mol. The quantitative estimate of drug-likeness (QED) is 0.463. The van der Waals surface area contributed by atoms with Crippen LogP contribution in [0.15, 0.2) is 23.8 Å². The highest BCUT2D eigenvalue weighted by molar-refractivity contribution is 6.74. The summed E-state index contributed by atoms with van der Waals surface area (Å²) in [6.45, 7) is 23.0. The molecule has 0 saturated heterocycles. The lowest BCUT2D eigenvalue weighted by atomic mass is 9.63. The maximum absolute atomic E-state index is 9.06. The van der Waals surface area contributed by atoms with E-state index in [1.54, 1.807) is 0 Å². The maximum Gasteiger partial charge on any atom is 0.192 e. The molecule has 2 nitrogen and oxygen atoms in total. The SMILES string of the molecule is C=C1CC[C@H](O[Si](C)(C)C(C)(C)C)C(C)(C)[C@@H]1CC/C(C)=C/CO. The summed E-state index contributed by atoms with van der Waals surface area (Å²) < 4.78 is 6.83. The third kappa shape index (κ3) is 5.06. The number of aliphatic hydroxyl groups is 1. The van der Waals surface area contributed by atoms with Gasteiger partial charge in [-0.1, -0.05) is 58.4 Å². The van der Waals surface area contributed by atoms with E-state index >= 15 is 0 Å². The molecule has 0 spiro atoms. The van der Waals surface area contributed by atoms with Crippen molar-refractivity contribution in [1.82, 2.24) is 0 Å². The molecule has 0 amide bonds. The molecule has 1 aliphatic carbocycles. The Hall–Kier alpha value is -0.383. The summed E-state index contributed by atoms with van der Waals surface area (Å²) in [5, 5.41) is 9.31. The molecule has 140 valence electrons. The van der Waals surface area contributed by atoms with Gasteiger partial charge in [0.2, 0.25) is 0 Å². The van der Waals surface area contributed by atoms with Gasteiger partial charge in [-0.2, -0.15) is 0 Å². The third-order valence-electron chi connectivity index (χ3n) is 6.46. The summed E-state index contributed by atoms with van der Waals surface area (Å²) >= 11 is 0. The fourth-order valence-corrected chi connectivity index (χ4v) is 5.05. The van der Waals surface area contributed by atoms with Gasteiger partial charge in [0, 0.05) is 0 Å². The lowest BCUT2D eigenvalue weighted by Gasteiger charge is -2.50. The van der Waals surface area contributed by atoms with Crippen LogP contribution in [0, 0.1) is 11.3 Å². The topological polar surface area (TPSA) is 29.5 Å². The number of hydrogen-bond donors (Lipinski definition) is 1. The molecule has 1 fully saturated rings. The van der Waals surface area contributed by atoms with Crippen molar-refractivity contribution >= 4 is 8.32 Å². The first-order valence-corrected chi connectivity index (χ1v) is 12.4. The Labute approximate surface area is 151 Å². The van der Waals surface area contributed by atoms with Crippen molar-refractivity contribution in [3.63, 3.8) is 0 Å². The molecule has 24 heavy (non-hydrogen) atoms. The molecule has 0 heterocycles. The van der Waals surface area contributed by atoms with Gasteiger partial charge in [-0.25, -0.2) is 0 Å². The van der Waals surface area contributed by atoms with Crippen molar-refractivity contribution in [3.8, 4) is 0 Å². The summed E-state index contributed by atoms with van der Waals surface area (Å²) in [6, 6.07) is 0. The van der Waals surface area contributed by atoms with Crippen molar-refractivity contribution < 1.29 is 9.53 Å². The third-order valence-corrected chi connectivity index (χ3v) is 10.9. The van der Waals surface area contributed by atoms with Crippen LogP contribution in [0.4, 0.5) is 0 Å². The molecule has 0 aromatic heterocycles. The molecule has 1 rings (SSSR count). The van der Waals surface area contributed by atoms with E-state index in [9.17, 15) is 0 Å². The highest BCUT2D eigenvalue weighted by Crippen LogP contribution is 2.49. The maximum atomic E-state index is 9.06. The highest BCUT2D eigenvalue weighted by atomic mass is 28.4. The van der Waals surface area contributed by atoms with E-state index in [0.717, 1.165) is 25.7 Å². The molecule has 0 bridgehead atoms. The van der Waals surface area contributed by atoms with Crippen LogP contribution in [0.3, 0.4) is 0 Å². The van der Waals surface area contributed by atoms with E-state index in [-0.39, 0.29) is 17.1 Å². The molecular formula is C21H40O2Si. The number of hydrogen-bond acceptors (Lipinski definition) is 2. The van der Waals surface area contributed by atoms with Crippen LogP contribution in [0.2, 0.25) is 18.1 Å². The first-order valence-electron chi connectivity index (χ1n) is 9.45. The van der Waals surface area contributed by atoms with Crippen molar-refractivity contribution in [3.05, 3.63) is 23.8 Å². The fourth-order valence-electron chi connectivity index (χ4n) is 3.56. The Morgan fingerprint density at radius 3 is 2.46 bits per heavy atom. The molecule has 1 saturated carbocycles. The van der Waals surface area contributed by atoms with Crippen molar-refractivity contribution in [2.45, 2.75) is 91.5 Å². The first-order chi connectivity index (χ1) is 10.8. The summed E-state index contributed by atoms with van der Waals surface area (Å²) in [5.41, 5.74) is 2.77. The number of rotatable bonds is 6. The van der Waals surface area contributed by atoms with Crippen LogP contribution < -0.4 is 0 Å². The van der Waals surface area contributed by atoms with Gasteiger partial charge in [0.05, 0.1) is 12.7 Å². The minimum atomic E-state index is -1.76. The Balaban J connectivity index is 2.91. The summed E-state index contributed by atoms with van der Waals surface area (Å²) in [6.07, 6.45) is 6.54. The zero-order valence-electron chi connectivity index (χ0n) is 17.3. The van der Waals surface area contributed by atoms with Gasteiger partial charge in [-0.05, 0) is 62.1 Å². The van der Waals surface area contributed by atoms with Crippen molar-refractivity contribution in [2.24, 2.45) is 11.3 Å². The Kier molecular flexibility index (Phi) is 7.11. The van der Waals surface area contributed by atoms with Crippen LogP contribution in [0.5, 0.6) is 0 Å². The predicted molar refractivity (Wildman–Crippen MR) is 108 cm³/mol. The van der Waals surface area contributed by atoms with E-state index in [4.69, 9.17) is 9.53 Å². The average Bonchev–Trinajstić information content (AvgIpc) is 2.40. The van der Waals surface area contributed by atoms with E-state index < -0.39 is 8.32 Å². The van der Waals surface area contributed by atoms with E-state index in [1.165, 1.54) is 11.1 Å². The molecule has 0 aromatic rings. The minimum absolute atomic E-state index is 0.115. The Bertz CT molecular complexity index is 469. The second kappa shape index (κ2) is 7.88. The van der Waals surface area contributed by atoms with Crippen LogP contribution in [-0.2, 0) is 4.43 Å². The average molecular weight is 353 g/mol. The van der Waals surface area contributed by atoms with Crippen molar-refractivity contribution in [1.29, 1.82) is 0 Å². The van der Waals surface area contributed by atoms with Gasteiger partial charge < -0.3 is 9.53 Å². The van der Waals surface area contributed by atoms with E-state index in [0.29, 0.717) is 12.0 Å². The second-order valence-electron chi connectivity index (χ2n) is 9.71. The fraction of sp³-hybridized carbons (Fsp3) is 0.810. The first kappa shape index (κ1) is 21.7. The van der Waals surface area contributed by atoms with Crippen molar-refractivity contribution in [2.75, 3.05) is 6.61 Å². The molecule has 3 heteroatoms. The van der Waals surface area contributed by atoms with Gasteiger partial charge >= 0.3 is 0 Å². The number of allylic oxidation sites excluding steroid dienone is 2. The van der Waals surface area contributed by atoms with Crippen LogP contribution >= 0.6 is 0 Å². The van der Waals surface area contributed by atoms with Gasteiger partial charge in [0.15, 0.2) is 8.32 Å².